The second-order valence-corrected chi connectivity index (χ2v) is 6.49. The Bertz CT molecular complexity index is 982. The van der Waals surface area contributed by atoms with Crippen LogP contribution in [0.3, 0.4) is 0 Å². The lowest BCUT2D eigenvalue weighted by Crippen LogP contribution is -2.21. The Hall–Kier alpha value is -3.47. The number of ether oxygens (including phenoxy) is 2. The molecule has 0 saturated heterocycles. The van der Waals surface area contributed by atoms with Crippen molar-refractivity contribution in [1.29, 1.82) is 0 Å². The predicted molar refractivity (Wildman–Crippen MR) is 111 cm³/mol. The second-order valence-electron chi connectivity index (χ2n) is 6.49. The first-order valence-corrected chi connectivity index (χ1v) is 8.98. The molecule has 144 valence electrons. The Labute approximate surface area is 164 Å². The molecule has 2 atom stereocenters. The zero-order chi connectivity index (χ0) is 20.1. The van der Waals surface area contributed by atoms with Gasteiger partial charge in [-0.3, -0.25) is 5.32 Å². The molecule has 1 amide bonds. The molecule has 0 aliphatic carbocycles. The van der Waals surface area contributed by atoms with Gasteiger partial charge in [0.05, 0.1) is 7.11 Å². The van der Waals surface area contributed by atoms with Crippen molar-refractivity contribution in [2.24, 2.45) is 5.92 Å². The fraction of sp³-hybridized carbons (Fsp3) is 0.174. The minimum Gasteiger partial charge on any atom is -0.507 e. The van der Waals surface area contributed by atoms with Gasteiger partial charge in [0.1, 0.15) is 17.6 Å². The van der Waals surface area contributed by atoms with Crippen molar-refractivity contribution in [2.75, 3.05) is 12.4 Å². The first kappa shape index (κ1) is 19.3. The molecule has 0 aliphatic rings. The van der Waals surface area contributed by atoms with Crippen LogP contribution in [0.2, 0.25) is 0 Å². The summed E-state index contributed by atoms with van der Waals surface area (Å²) >= 11 is 0. The molecule has 0 spiro atoms. The number of hydrogen-bond acceptors (Lipinski definition) is 4. The Kier molecular flexibility index (Phi) is 5.84. The van der Waals surface area contributed by atoms with Crippen molar-refractivity contribution in [3.05, 3.63) is 78.9 Å². The molecule has 2 N–H and O–H groups in total. The highest BCUT2D eigenvalue weighted by Gasteiger charge is 2.24. The molecular formula is C23H23NO4. The van der Waals surface area contributed by atoms with Gasteiger partial charge in [0.25, 0.3) is 0 Å². The fourth-order valence-corrected chi connectivity index (χ4v) is 3.07. The molecule has 0 bridgehead atoms. The third kappa shape index (κ3) is 4.09. The lowest BCUT2D eigenvalue weighted by Gasteiger charge is -2.24. The monoisotopic (exact) mass is 377 g/mol. The molecule has 0 radical (unpaired) electrons. The Morgan fingerprint density at radius 1 is 1.07 bits per heavy atom. The summed E-state index contributed by atoms with van der Waals surface area (Å²) in [6.45, 7) is 5.77. The number of phenolic OH excluding ortho intramolecular Hbond substituents is 1. The van der Waals surface area contributed by atoms with Crippen LogP contribution in [0.1, 0.15) is 18.6 Å². The van der Waals surface area contributed by atoms with Gasteiger partial charge in [-0.05, 0) is 35.7 Å². The van der Waals surface area contributed by atoms with E-state index in [0.717, 1.165) is 10.9 Å². The van der Waals surface area contributed by atoms with Gasteiger partial charge in [-0.1, -0.05) is 43.3 Å². The molecule has 0 heterocycles. The largest absolute Gasteiger partial charge is 0.507 e. The standard InChI is InChI=1S/C23H23NO4/c1-4-15(2)22(20-13-14-21(25)19-8-6-5-7-18(19)20)28-23(26)24-16-9-11-17(27-3)12-10-16/h4-15,22,25H,1H2,2-3H3,(H,24,26)/t15-,22-/m1/s1. The molecule has 0 unspecified atom stereocenters. The number of fused-ring (bicyclic) bond motifs is 1. The Morgan fingerprint density at radius 2 is 1.75 bits per heavy atom. The van der Waals surface area contributed by atoms with Crippen molar-refractivity contribution >= 4 is 22.6 Å². The smallest absolute Gasteiger partial charge is 0.412 e. The molecule has 3 rings (SSSR count). The first-order valence-electron chi connectivity index (χ1n) is 8.98. The summed E-state index contributed by atoms with van der Waals surface area (Å²) in [5, 5.41) is 14.4. The van der Waals surface area contributed by atoms with Crippen LogP contribution in [-0.2, 0) is 4.74 Å². The lowest BCUT2D eigenvalue weighted by atomic mass is 9.92. The van der Waals surface area contributed by atoms with E-state index in [1.165, 1.54) is 0 Å². The molecule has 0 fully saturated rings. The number of rotatable bonds is 6. The van der Waals surface area contributed by atoms with Crippen LogP contribution in [-0.4, -0.2) is 18.3 Å². The molecule has 0 aromatic heterocycles. The number of hydrogen-bond donors (Lipinski definition) is 2. The summed E-state index contributed by atoms with van der Waals surface area (Å²) in [4.78, 5) is 12.5. The number of phenols is 1. The molecule has 0 aliphatic heterocycles. The second kappa shape index (κ2) is 8.48. The molecule has 5 nitrogen and oxygen atoms in total. The van der Waals surface area contributed by atoms with Gasteiger partial charge < -0.3 is 14.6 Å². The summed E-state index contributed by atoms with van der Waals surface area (Å²) in [5.41, 5.74) is 1.41. The number of benzene rings is 3. The van der Waals surface area contributed by atoms with Gasteiger partial charge in [0.2, 0.25) is 0 Å². The van der Waals surface area contributed by atoms with E-state index in [1.807, 2.05) is 31.2 Å². The average Bonchev–Trinajstić information content (AvgIpc) is 2.73. The van der Waals surface area contributed by atoms with E-state index < -0.39 is 12.2 Å². The zero-order valence-corrected chi connectivity index (χ0v) is 15.9. The van der Waals surface area contributed by atoms with Crippen LogP contribution in [0.15, 0.2) is 73.3 Å². The number of aromatic hydroxyl groups is 1. The van der Waals surface area contributed by atoms with Crippen LogP contribution in [0, 0.1) is 5.92 Å². The van der Waals surface area contributed by atoms with E-state index in [0.29, 0.717) is 16.8 Å². The molecule has 5 heteroatoms. The number of amides is 1. The van der Waals surface area contributed by atoms with Gasteiger partial charge >= 0.3 is 6.09 Å². The van der Waals surface area contributed by atoms with Gasteiger partial charge in [0.15, 0.2) is 0 Å². The van der Waals surface area contributed by atoms with Crippen molar-refractivity contribution < 1.29 is 19.4 Å². The minimum atomic E-state index is -0.568. The van der Waals surface area contributed by atoms with E-state index in [-0.39, 0.29) is 11.7 Å². The maximum absolute atomic E-state index is 12.5. The molecule has 28 heavy (non-hydrogen) atoms. The van der Waals surface area contributed by atoms with E-state index in [9.17, 15) is 9.90 Å². The summed E-state index contributed by atoms with van der Waals surface area (Å²) in [5.74, 6) is 0.759. The number of carbonyl (C=O) groups is 1. The number of anilines is 1. The summed E-state index contributed by atoms with van der Waals surface area (Å²) in [7, 11) is 1.58. The summed E-state index contributed by atoms with van der Waals surface area (Å²) < 4.78 is 10.9. The average molecular weight is 377 g/mol. The van der Waals surface area contributed by atoms with Crippen molar-refractivity contribution in [1.82, 2.24) is 0 Å². The Balaban J connectivity index is 1.88. The van der Waals surface area contributed by atoms with E-state index in [1.54, 1.807) is 49.6 Å². The third-order valence-electron chi connectivity index (χ3n) is 4.66. The number of methoxy groups -OCH3 is 1. The zero-order valence-electron chi connectivity index (χ0n) is 15.9. The maximum atomic E-state index is 12.5. The molecule has 3 aromatic rings. The molecule has 3 aromatic carbocycles. The third-order valence-corrected chi connectivity index (χ3v) is 4.66. The lowest BCUT2D eigenvalue weighted by molar-refractivity contribution is 0.0906. The van der Waals surface area contributed by atoms with Crippen molar-refractivity contribution in [2.45, 2.75) is 13.0 Å². The van der Waals surface area contributed by atoms with Crippen LogP contribution in [0.4, 0.5) is 10.5 Å². The quantitative estimate of drug-likeness (QED) is 0.544. The molecule has 0 saturated carbocycles. The van der Waals surface area contributed by atoms with Crippen molar-refractivity contribution in [3.63, 3.8) is 0 Å². The SMILES string of the molecule is C=C[C@@H](C)[C@@H](OC(=O)Nc1ccc(OC)cc1)c1ccc(O)c2ccccc12. The number of carbonyl (C=O) groups excluding carboxylic acids is 1. The minimum absolute atomic E-state index is 0.130. The summed E-state index contributed by atoms with van der Waals surface area (Å²) in [6.07, 6.45) is 0.620. The first-order chi connectivity index (χ1) is 13.5. The summed E-state index contributed by atoms with van der Waals surface area (Å²) in [6, 6.07) is 17.9. The molecular weight excluding hydrogens is 354 g/mol. The van der Waals surface area contributed by atoms with Gasteiger partial charge in [-0.15, -0.1) is 6.58 Å². The number of nitrogens with one attached hydrogen (secondary N) is 1. The van der Waals surface area contributed by atoms with E-state index in [2.05, 4.69) is 11.9 Å². The van der Waals surface area contributed by atoms with Crippen LogP contribution < -0.4 is 10.1 Å². The van der Waals surface area contributed by atoms with E-state index >= 15 is 0 Å². The van der Waals surface area contributed by atoms with Crippen molar-refractivity contribution in [3.8, 4) is 11.5 Å². The van der Waals surface area contributed by atoms with E-state index in [4.69, 9.17) is 9.47 Å². The topological polar surface area (TPSA) is 67.8 Å². The normalized spacial score (nSPS) is 12.8. The maximum Gasteiger partial charge on any atom is 0.412 e. The Morgan fingerprint density at radius 3 is 2.39 bits per heavy atom. The predicted octanol–water partition coefficient (Wildman–Crippen LogP) is 5.67. The van der Waals surface area contributed by atoms with Gasteiger partial charge in [-0.25, -0.2) is 4.79 Å². The van der Waals surface area contributed by atoms with Crippen LogP contribution >= 0.6 is 0 Å². The van der Waals surface area contributed by atoms with Gasteiger partial charge in [0, 0.05) is 22.6 Å². The highest BCUT2D eigenvalue weighted by Crippen LogP contribution is 2.36. The highest BCUT2D eigenvalue weighted by molar-refractivity contribution is 5.91. The van der Waals surface area contributed by atoms with Crippen LogP contribution in [0.5, 0.6) is 11.5 Å². The van der Waals surface area contributed by atoms with Gasteiger partial charge in [-0.2, -0.15) is 0 Å². The fourth-order valence-electron chi connectivity index (χ4n) is 3.07. The highest BCUT2D eigenvalue weighted by atomic mass is 16.6. The van der Waals surface area contributed by atoms with Crippen LogP contribution in [0.25, 0.3) is 10.8 Å².